The second-order valence-electron chi connectivity index (χ2n) is 5.69. The molecule has 0 aromatic heterocycles. The number of nitrogens with one attached hydrogen (secondary N) is 1. The van der Waals surface area contributed by atoms with Crippen LogP contribution in [-0.2, 0) is 9.53 Å². The maximum Gasteiger partial charge on any atom is 0.228 e. The van der Waals surface area contributed by atoms with Crippen LogP contribution in [0.1, 0.15) is 31.4 Å². The summed E-state index contributed by atoms with van der Waals surface area (Å²) in [6, 6.07) is 5.70. The van der Waals surface area contributed by atoms with Crippen molar-refractivity contribution in [3.8, 4) is 5.75 Å². The average Bonchev–Trinajstić information content (AvgIpc) is 2.55. The number of carbonyl (C=O) groups excluding carboxylic acids is 1. The van der Waals surface area contributed by atoms with Crippen LogP contribution >= 0.6 is 28.3 Å². The van der Waals surface area contributed by atoms with Gasteiger partial charge < -0.3 is 20.5 Å². The van der Waals surface area contributed by atoms with Crippen LogP contribution in [0, 0.1) is 5.41 Å². The lowest BCUT2D eigenvalue weighted by Crippen LogP contribution is -2.49. The number of hydrogen-bond donors (Lipinski definition) is 2. The predicted molar refractivity (Wildman–Crippen MR) is 96.0 cm³/mol. The van der Waals surface area contributed by atoms with Crippen molar-refractivity contribution < 1.29 is 14.3 Å². The summed E-state index contributed by atoms with van der Waals surface area (Å²) in [5, 5.41) is 3.09. The molecule has 1 aromatic carbocycles. The minimum atomic E-state index is -0.504. The Hall–Kier alpha value is -0.820. The van der Waals surface area contributed by atoms with Gasteiger partial charge in [0.2, 0.25) is 5.91 Å². The summed E-state index contributed by atoms with van der Waals surface area (Å²) in [6.07, 6.45) is 1.35. The van der Waals surface area contributed by atoms with Crippen LogP contribution in [-0.4, -0.2) is 32.8 Å². The van der Waals surface area contributed by atoms with Gasteiger partial charge in [-0.25, -0.2) is 0 Å². The van der Waals surface area contributed by atoms with Gasteiger partial charge in [-0.2, -0.15) is 0 Å². The van der Waals surface area contributed by atoms with Crippen LogP contribution in [0.4, 0.5) is 0 Å². The van der Waals surface area contributed by atoms with E-state index in [9.17, 15) is 4.79 Å². The van der Waals surface area contributed by atoms with Crippen molar-refractivity contribution in [3.05, 3.63) is 28.2 Å². The zero-order valence-corrected chi connectivity index (χ0v) is 15.8. The van der Waals surface area contributed by atoms with Crippen molar-refractivity contribution in [2.24, 2.45) is 11.1 Å². The maximum absolute atomic E-state index is 12.7. The molecule has 1 saturated heterocycles. The van der Waals surface area contributed by atoms with E-state index in [4.69, 9.17) is 15.2 Å². The number of methoxy groups -OCH3 is 1. The van der Waals surface area contributed by atoms with Crippen molar-refractivity contribution in [1.82, 2.24) is 5.32 Å². The van der Waals surface area contributed by atoms with Gasteiger partial charge in [0.25, 0.3) is 0 Å². The van der Waals surface area contributed by atoms with Gasteiger partial charge in [0.15, 0.2) is 0 Å². The van der Waals surface area contributed by atoms with E-state index in [1.807, 2.05) is 25.1 Å². The first-order chi connectivity index (χ1) is 10.5. The first kappa shape index (κ1) is 20.2. The lowest BCUT2D eigenvalue weighted by Gasteiger charge is -2.35. The standard InChI is InChI=1S/C16H23BrN2O3.ClH/c1-11(12-3-4-14(21-2)13(17)9-12)19-15(20)16(10-18)5-7-22-8-6-16;/h3-4,9,11H,5-8,10,18H2,1-2H3,(H,19,20);1H. The third-order valence-electron chi connectivity index (χ3n) is 4.35. The van der Waals surface area contributed by atoms with Gasteiger partial charge >= 0.3 is 0 Å². The quantitative estimate of drug-likeness (QED) is 0.787. The van der Waals surface area contributed by atoms with Gasteiger partial charge in [-0.05, 0) is 53.4 Å². The Morgan fingerprint density at radius 3 is 2.65 bits per heavy atom. The van der Waals surface area contributed by atoms with Crippen LogP contribution in [0.2, 0.25) is 0 Å². The van der Waals surface area contributed by atoms with Crippen LogP contribution in [0.25, 0.3) is 0 Å². The normalized spacial score (nSPS) is 17.7. The number of hydrogen-bond acceptors (Lipinski definition) is 4. The van der Waals surface area contributed by atoms with Gasteiger partial charge in [0.1, 0.15) is 5.75 Å². The summed E-state index contributed by atoms with van der Waals surface area (Å²) in [5.41, 5.74) is 6.39. The molecule has 7 heteroatoms. The second kappa shape index (κ2) is 8.87. The molecule has 0 radical (unpaired) electrons. The molecule has 1 aromatic rings. The number of nitrogens with two attached hydrogens (primary N) is 1. The number of ether oxygens (including phenoxy) is 2. The van der Waals surface area contributed by atoms with Gasteiger partial charge in [0, 0.05) is 19.8 Å². The topological polar surface area (TPSA) is 73.6 Å². The van der Waals surface area contributed by atoms with Crippen LogP contribution in [0.15, 0.2) is 22.7 Å². The zero-order valence-electron chi connectivity index (χ0n) is 13.4. The number of halogens is 2. The largest absolute Gasteiger partial charge is 0.496 e. The predicted octanol–water partition coefficient (Wildman–Crippen LogP) is 2.81. The second-order valence-corrected chi connectivity index (χ2v) is 6.54. The summed E-state index contributed by atoms with van der Waals surface area (Å²) < 4.78 is 11.4. The third kappa shape index (κ3) is 4.59. The van der Waals surface area contributed by atoms with Gasteiger partial charge in [-0.3, -0.25) is 4.79 Å². The minimum absolute atomic E-state index is 0. The molecule has 1 unspecified atom stereocenters. The van der Waals surface area contributed by atoms with E-state index in [-0.39, 0.29) is 24.4 Å². The Bertz CT molecular complexity index is 536. The molecule has 3 N–H and O–H groups in total. The highest BCUT2D eigenvalue weighted by Gasteiger charge is 2.39. The van der Waals surface area contributed by atoms with Crippen molar-refractivity contribution in [2.45, 2.75) is 25.8 Å². The molecule has 2 rings (SSSR count). The summed E-state index contributed by atoms with van der Waals surface area (Å²) in [6.45, 7) is 3.50. The molecule has 5 nitrogen and oxygen atoms in total. The van der Waals surface area contributed by atoms with Gasteiger partial charge in [-0.15, -0.1) is 12.4 Å². The highest BCUT2D eigenvalue weighted by atomic mass is 79.9. The van der Waals surface area contributed by atoms with E-state index < -0.39 is 5.41 Å². The SMILES string of the molecule is COc1ccc(C(C)NC(=O)C2(CN)CCOCC2)cc1Br.Cl. The molecule has 1 atom stereocenters. The summed E-state index contributed by atoms with van der Waals surface area (Å²) in [5.74, 6) is 0.780. The number of rotatable bonds is 5. The number of amides is 1. The van der Waals surface area contributed by atoms with Crippen molar-refractivity contribution in [3.63, 3.8) is 0 Å². The summed E-state index contributed by atoms with van der Waals surface area (Å²) >= 11 is 3.47. The Labute approximate surface area is 151 Å². The number of benzene rings is 1. The van der Waals surface area contributed by atoms with Crippen LogP contribution in [0.5, 0.6) is 5.75 Å². The fourth-order valence-electron chi connectivity index (χ4n) is 2.67. The molecule has 0 saturated carbocycles. The van der Waals surface area contributed by atoms with Crippen LogP contribution in [0.3, 0.4) is 0 Å². The number of carbonyl (C=O) groups is 1. The monoisotopic (exact) mass is 406 g/mol. The molecule has 23 heavy (non-hydrogen) atoms. The first-order valence-electron chi connectivity index (χ1n) is 7.44. The minimum Gasteiger partial charge on any atom is -0.496 e. The molecule has 0 bridgehead atoms. The smallest absolute Gasteiger partial charge is 0.228 e. The van der Waals surface area contributed by atoms with E-state index >= 15 is 0 Å². The Morgan fingerprint density at radius 1 is 1.48 bits per heavy atom. The first-order valence-corrected chi connectivity index (χ1v) is 8.24. The van der Waals surface area contributed by atoms with E-state index in [0.29, 0.717) is 32.6 Å². The molecule has 0 spiro atoms. The molecule has 130 valence electrons. The molecule has 1 fully saturated rings. The summed E-state index contributed by atoms with van der Waals surface area (Å²) in [7, 11) is 1.63. The molecule has 0 aliphatic carbocycles. The zero-order chi connectivity index (χ0) is 16.2. The third-order valence-corrected chi connectivity index (χ3v) is 4.97. The molecular weight excluding hydrogens is 384 g/mol. The lowest BCUT2D eigenvalue weighted by molar-refractivity contribution is -0.136. The van der Waals surface area contributed by atoms with E-state index in [2.05, 4.69) is 21.2 Å². The molecule has 1 aliphatic rings. The fraction of sp³-hybridized carbons (Fsp3) is 0.562. The molecule has 1 heterocycles. The molecule has 1 amide bonds. The Morgan fingerprint density at radius 2 is 2.13 bits per heavy atom. The molecule has 1 aliphatic heterocycles. The lowest BCUT2D eigenvalue weighted by atomic mass is 9.79. The van der Waals surface area contributed by atoms with Gasteiger partial charge in [0.05, 0.1) is 23.0 Å². The molecular formula is C16H24BrClN2O3. The summed E-state index contributed by atoms with van der Waals surface area (Å²) in [4.78, 5) is 12.7. The van der Waals surface area contributed by atoms with Crippen LogP contribution < -0.4 is 15.8 Å². The average molecular weight is 408 g/mol. The van der Waals surface area contributed by atoms with Crippen molar-refractivity contribution >= 4 is 34.2 Å². The van der Waals surface area contributed by atoms with E-state index in [1.165, 1.54) is 0 Å². The van der Waals surface area contributed by atoms with Crippen molar-refractivity contribution in [2.75, 3.05) is 26.9 Å². The Kier molecular flexibility index (Phi) is 7.80. The maximum atomic E-state index is 12.7. The van der Waals surface area contributed by atoms with Crippen molar-refractivity contribution in [1.29, 1.82) is 0 Å². The van der Waals surface area contributed by atoms with Gasteiger partial charge in [-0.1, -0.05) is 6.07 Å². The Balaban J connectivity index is 0.00000264. The fourth-order valence-corrected chi connectivity index (χ4v) is 3.23. The highest BCUT2D eigenvalue weighted by molar-refractivity contribution is 9.10. The van der Waals surface area contributed by atoms with E-state index in [1.54, 1.807) is 7.11 Å². The van der Waals surface area contributed by atoms with E-state index in [0.717, 1.165) is 15.8 Å². The highest BCUT2D eigenvalue weighted by Crippen LogP contribution is 2.32.